The number of rotatable bonds is 36. The van der Waals surface area contributed by atoms with Gasteiger partial charge in [-0.2, -0.15) is 0 Å². The number of hydrogen-bond donors (Lipinski definition) is 0. The van der Waals surface area contributed by atoms with Crippen molar-refractivity contribution in [3.8, 4) is 0 Å². The van der Waals surface area contributed by atoms with Crippen LogP contribution in [0.5, 0.6) is 0 Å². The van der Waals surface area contributed by atoms with Crippen molar-refractivity contribution in [1.29, 1.82) is 0 Å². The molecule has 46 heavy (non-hydrogen) atoms. The van der Waals surface area contributed by atoms with E-state index < -0.39 is 5.60 Å². The van der Waals surface area contributed by atoms with Crippen LogP contribution in [-0.4, -0.2) is 35.6 Å². The number of esters is 1. The summed E-state index contributed by atoms with van der Waals surface area (Å²) in [4.78, 5) is 15.3. The fourth-order valence-corrected chi connectivity index (χ4v) is 6.76. The number of nitrogens with zero attached hydrogens (tertiary/aromatic N) is 1. The largest absolute Gasteiger partial charge is 0.459 e. The fourth-order valence-electron chi connectivity index (χ4n) is 6.76. The van der Waals surface area contributed by atoms with E-state index in [0.29, 0.717) is 0 Å². The van der Waals surface area contributed by atoms with Crippen LogP contribution in [-0.2, 0) is 9.53 Å². The van der Waals surface area contributed by atoms with Gasteiger partial charge >= 0.3 is 5.97 Å². The summed E-state index contributed by atoms with van der Waals surface area (Å²) in [5.74, 6) is -0.0551. The molecule has 0 rings (SSSR count). The Labute approximate surface area is 291 Å². The summed E-state index contributed by atoms with van der Waals surface area (Å²) < 4.78 is 5.77. The first-order chi connectivity index (χ1) is 22.3. The lowest BCUT2D eigenvalue weighted by atomic mass is 10.0. The molecule has 0 aliphatic heterocycles. The molecule has 3 heteroatoms. The van der Waals surface area contributed by atoms with E-state index in [1.54, 1.807) is 0 Å². The molecule has 0 aromatic heterocycles. The smallest absolute Gasteiger partial charge is 0.323 e. The Morgan fingerprint density at radius 2 is 0.652 bits per heavy atom. The fraction of sp³-hybridized carbons (Fsp3) is 0.977. The van der Waals surface area contributed by atoms with Gasteiger partial charge in [0.2, 0.25) is 0 Å². The molecule has 0 heterocycles. The van der Waals surface area contributed by atoms with Gasteiger partial charge in [0.15, 0.2) is 0 Å². The maximum Gasteiger partial charge on any atom is 0.323 e. The molecule has 1 atom stereocenters. The number of carbonyl (C=O) groups is 1. The summed E-state index contributed by atoms with van der Waals surface area (Å²) in [5.41, 5.74) is -0.417. The lowest BCUT2D eigenvalue weighted by Gasteiger charge is -2.30. The van der Waals surface area contributed by atoms with Crippen molar-refractivity contribution in [2.75, 3.05) is 13.1 Å². The van der Waals surface area contributed by atoms with Gasteiger partial charge in [0.05, 0.1) is 0 Å². The van der Waals surface area contributed by atoms with Gasteiger partial charge in [-0.3, -0.25) is 9.69 Å². The highest BCUT2D eigenvalue weighted by Gasteiger charge is 2.26. The van der Waals surface area contributed by atoms with Crippen LogP contribution in [0.2, 0.25) is 0 Å². The zero-order valence-electron chi connectivity index (χ0n) is 32.9. The molecule has 0 aromatic rings. The first kappa shape index (κ1) is 45.4. The third-order valence-electron chi connectivity index (χ3n) is 9.89. The van der Waals surface area contributed by atoms with E-state index in [0.717, 1.165) is 13.1 Å². The molecule has 0 bridgehead atoms. The molecule has 0 N–H and O–H groups in total. The van der Waals surface area contributed by atoms with E-state index in [-0.39, 0.29) is 12.0 Å². The Hall–Kier alpha value is -0.570. The molecule has 276 valence electrons. The maximum absolute atomic E-state index is 12.9. The minimum absolute atomic E-state index is 0.0551. The molecule has 0 fully saturated rings. The second kappa shape index (κ2) is 34.3. The zero-order valence-corrected chi connectivity index (χ0v) is 32.9. The Morgan fingerprint density at radius 3 is 0.870 bits per heavy atom. The Balaban J connectivity index is 3.96. The molecule has 0 saturated heterocycles. The van der Waals surface area contributed by atoms with Crippen LogP contribution in [0.1, 0.15) is 247 Å². The molecule has 0 amide bonds. The van der Waals surface area contributed by atoms with Crippen LogP contribution in [0.3, 0.4) is 0 Å². The highest BCUT2D eigenvalue weighted by molar-refractivity contribution is 5.75. The molecule has 0 spiro atoms. The normalized spacial score (nSPS) is 12.7. The van der Waals surface area contributed by atoms with E-state index in [9.17, 15) is 4.79 Å². The van der Waals surface area contributed by atoms with Crippen molar-refractivity contribution in [3.63, 3.8) is 0 Å². The number of unbranched alkanes of at least 4 members (excludes halogenated alkanes) is 30. The summed E-state index contributed by atoms with van der Waals surface area (Å²) in [6.45, 7) is 14.6. The second-order valence-electron chi connectivity index (χ2n) is 15.9. The molecule has 0 radical (unpaired) electrons. The van der Waals surface area contributed by atoms with Crippen molar-refractivity contribution in [1.82, 2.24) is 4.90 Å². The molecule has 0 aromatic carbocycles. The molecule has 3 nitrogen and oxygen atoms in total. The molecule has 0 saturated carbocycles. The summed E-state index contributed by atoms with van der Waals surface area (Å²) in [6.07, 6.45) is 44.7. The van der Waals surface area contributed by atoms with Crippen LogP contribution in [0.25, 0.3) is 0 Å². The minimum Gasteiger partial charge on any atom is -0.459 e. The van der Waals surface area contributed by atoms with Crippen molar-refractivity contribution < 1.29 is 9.53 Å². The van der Waals surface area contributed by atoms with Gasteiger partial charge in [-0.15, -0.1) is 0 Å². The lowest BCUT2D eigenvalue weighted by molar-refractivity contribution is -0.160. The van der Waals surface area contributed by atoms with Crippen LogP contribution in [0.15, 0.2) is 0 Å². The second-order valence-corrected chi connectivity index (χ2v) is 15.9. The van der Waals surface area contributed by atoms with Crippen LogP contribution in [0, 0.1) is 0 Å². The van der Waals surface area contributed by atoms with Crippen molar-refractivity contribution >= 4 is 5.97 Å². The number of ether oxygens (including phenoxy) is 1. The van der Waals surface area contributed by atoms with Gasteiger partial charge in [0, 0.05) is 0 Å². The third-order valence-corrected chi connectivity index (χ3v) is 9.89. The summed E-state index contributed by atoms with van der Waals surface area (Å²) in [5, 5.41) is 0. The van der Waals surface area contributed by atoms with E-state index in [2.05, 4.69) is 25.7 Å². The average molecular weight is 650 g/mol. The lowest BCUT2D eigenvalue weighted by Crippen LogP contribution is -2.43. The van der Waals surface area contributed by atoms with E-state index >= 15 is 0 Å². The SMILES string of the molecule is CCCCCCCCCCCCCCCCCCN(CCCCCCCCCCCCCCCCCC)C(C)C(=O)OC(C)(C)C. The van der Waals surface area contributed by atoms with Gasteiger partial charge in [-0.1, -0.05) is 206 Å². The maximum atomic E-state index is 12.9. The van der Waals surface area contributed by atoms with Crippen molar-refractivity contribution in [2.24, 2.45) is 0 Å². The van der Waals surface area contributed by atoms with Gasteiger partial charge in [0.1, 0.15) is 11.6 Å². The third kappa shape index (κ3) is 33.3. The topological polar surface area (TPSA) is 29.5 Å². The van der Waals surface area contributed by atoms with Gasteiger partial charge in [-0.05, 0) is 53.6 Å². The highest BCUT2D eigenvalue weighted by Crippen LogP contribution is 2.17. The van der Waals surface area contributed by atoms with Crippen LogP contribution in [0.4, 0.5) is 0 Å². The van der Waals surface area contributed by atoms with E-state index in [1.807, 2.05) is 20.8 Å². The Morgan fingerprint density at radius 1 is 0.435 bits per heavy atom. The van der Waals surface area contributed by atoms with Gasteiger partial charge in [0.25, 0.3) is 0 Å². The predicted molar refractivity (Wildman–Crippen MR) is 206 cm³/mol. The Bertz CT molecular complexity index is 576. The predicted octanol–water partition coefficient (Wildman–Crippen LogP) is 14.5. The average Bonchev–Trinajstić information content (AvgIpc) is 3.02. The van der Waals surface area contributed by atoms with Crippen molar-refractivity contribution in [2.45, 2.75) is 259 Å². The van der Waals surface area contributed by atoms with E-state index in [4.69, 9.17) is 4.74 Å². The molecule has 1 unspecified atom stereocenters. The molecule has 0 aliphatic rings. The molecular weight excluding hydrogens is 562 g/mol. The van der Waals surface area contributed by atoms with Crippen LogP contribution >= 0.6 is 0 Å². The van der Waals surface area contributed by atoms with Gasteiger partial charge < -0.3 is 4.74 Å². The van der Waals surface area contributed by atoms with Crippen LogP contribution < -0.4 is 0 Å². The minimum atomic E-state index is -0.417. The monoisotopic (exact) mass is 650 g/mol. The van der Waals surface area contributed by atoms with E-state index in [1.165, 1.54) is 205 Å². The first-order valence-corrected chi connectivity index (χ1v) is 21.3. The summed E-state index contributed by atoms with van der Waals surface area (Å²) >= 11 is 0. The quantitative estimate of drug-likeness (QED) is 0.0499. The number of carbonyl (C=O) groups excluding carboxylic acids is 1. The van der Waals surface area contributed by atoms with Gasteiger partial charge in [-0.25, -0.2) is 0 Å². The standard InChI is InChI=1S/C43H87NO2/c1-7-9-11-13-15-17-19-21-23-25-27-29-31-33-35-37-39-44(41(3)42(45)46-43(4,5)6)40-38-36-34-32-30-28-26-24-22-20-18-16-14-12-10-8-2/h41H,7-40H2,1-6H3. The first-order valence-electron chi connectivity index (χ1n) is 21.3. The summed E-state index contributed by atoms with van der Waals surface area (Å²) in [7, 11) is 0. The number of hydrogen-bond acceptors (Lipinski definition) is 3. The Kier molecular flexibility index (Phi) is 33.9. The highest BCUT2D eigenvalue weighted by atomic mass is 16.6. The molecular formula is C43H87NO2. The summed E-state index contributed by atoms with van der Waals surface area (Å²) in [6, 6.07) is -0.146. The zero-order chi connectivity index (χ0) is 34.0. The van der Waals surface area contributed by atoms with Crippen molar-refractivity contribution in [3.05, 3.63) is 0 Å². The molecule has 0 aliphatic carbocycles.